The smallest absolute Gasteiger partial charge is 0.313 e. The van der Waals surface area contributed by atoms with Crippen molar-refractivity contribution < 1.29 is 29.0 Å². The van der Waals surface area contributed by atoms with E-state index < -0.39 is 46.6 Å². The lowest BCUT2D eigenvalue weighted by atomic mass is 9.73. The molecule has 0 saturated carbocycles. The zero-order valence-corrected chi connectivity index (χ0v) is 23.3. The van der Waals surface area contributed by atoms with Crippen molar-refractivity contribution in [2.24, 2.45) is 11.8 Å². The summed E-state index contributed by atoms with van der Waals surface area (Å²) in [5.41, 5.74) is -2.31. The normalized spacial score (nSPS) is 34.6. The number of amides is 2. The summed E-state index contributed by atoms with van der Waals surface area (Å²) in [5.74, 6) is -3.01. The first kappa shape index (κ1) is 27.6. The molecule has 39 heavy (non-hydrogen) atoms. The number of rotatable bonds is 4. The van der Waals surface area contributed by atoms with Crippen molar-refractivity contribution in [1.82, 2.24) is 9.80 Å². The maximum Gasteiger partial charge on any atom is 0.313 e. The highest BCUT2D eigenvalue weighted by Crippen LogP contribution is 2.59. The Morgan fingerprint density at radius 3 is 2.44 bits per heavy atom. The van der Waals surface area contributed by atoms with Crippen molar-refractivity contribution in [3.63, 3.8) is 0 Å². The molecule has 8 nitrogen and oxygen atoms in total. The summed E-state index contributed by atoms with van der Waals surface area (Å²) >= 11 is 0. The van der Waals surface area contributed by atoms with E-state index in [1.807, 2.05) is 82.3 Å². The van der Waals surface area contributed by atoms with E-state index in [2.05, 4.69) is 0 Å². The van der Waals surface area contributed by atoms with E-state index in [0.717, 1.165) is 19.3 Å². The molecular formula is C31H40N2O6. The molecule has 2 amide bonds. The molecule has 2 fully saturated rings. The summed E-state index contributed by atoms with van der Waals surface area (Å²) < 4.78 is 12.7. The second kappa shape index (κ2) is 10.2. The van der Waals surface area contributed by atoms with Crippen LogP contribution in [-0.2, 0) is 23.9 Å². The number of fused-ring (bicyclic) bond motifs is 2. The molecule has 2 saturated heterocycles. The standard InChI is InChI=1S/C31H40N2O6/c1-5-30-16-11-6-7-12-19-38-28(37)24(30)23-26(35)33(22(20-34)21-14-9-8-10-15-21)25-27(36)32(29(2,3)4)18-13-17-31(23,25)39-30/h8-11,13-17,22-25,34H,5-7,12,18-20H2,1-4H3/b16-11-/t22-,23+,24-,25?,30+,31+/m1/s1. The van der Waals surface area contributed by atoms with Crippen LogP contribution < -0.4 is 0 Å². The van der Waals surface area contributed by atoms with Crippen molar-refractivity contribution in [2.45, 2.75) is 82.2 Å². The first-order chi connectivity index (χ1) is 18.6. The highest BCUT2D eigenvalue weighted by molar-refractivity contribution is 5.99. The van der Waals surface area contributed by atoms with Crippen LogP contribution in [-0.4, -0.2) is 75.2 Å². The number of likely N-dealkylation sites (tertiary alicyclic amines) is 1. The van der Waals surface area contributed by atoms with Gasteiger partial charge in [-0.05, 0) is 52.0 Å². The minimum absolute atomic E-state index is 0.259. The zero-order valence-electron chi connectivity index (χ0n) is 23.3. The average Bonchev–Trinajstić information content (AvgIpc) is 3.26. The molecule has 5 rings (SSSR count). The summed E-state index contributed by atoms with van der Waals surface area (Å²) in [6.07, 6.45) is 10.6. The molecule has 8 heteroatoms. The van der Waals surface area contributed by atoms with Gasteiger partial charge in [-0.1, -0.05) is 61.6 Å². The van der Waals surface area contributed by atoms with Crippen LogP contribution in [0.2, 0.25) is 0 Å². The quantitative estimate of drug-likeness (QED) is 0.467. The number of nitrogens with zero attached hydrogens (tertiary/aromatic N) is 2. The molecule has 1 spiro atoms. The molecule has 4 heterocycles. The summed E-state index contributed by atoms with van der Waals surface area (Å²) in [7, 11) is 0. The second-order valence-electron chi connectivity index (χ2n) is 12.1. The maximum absolute atomic E-state index is 14.6. The van der Waals surface area contributed by atoms with Gasteiger partial charge in [-0.3, -0.25) is 14.4 Å². The predicted octanol–water partition coefficient (Wildman–Crippen LogP) is 3.56. The van der Waals surface area contributed by atoms with E-state index in [1.54, 1.807) is 4.90 Å². The second-order valence-corrected chi connectivity index (χ2v) is 12.1. The minimum atomic E-state index is -1.39. The summed E-state index contributed by atoms with van der Waals surface area (Å²) in [6, 6.07) is 7.38. The van der Waals surface area contributed by atoms with E-state index in [0.29, 0.717) is 18.5 Å². The Morgan fingerprint density at radius 1 is 1.03 bits per heavy atom. The Bertz CT molecular complexity index is 1170. The van der Waals surface area contributed by atoms with Crippen LogP contribution in [0.25, 0.3) is 0 Å². The molecule has 1 aromatic carbocycles. The molecular weight excluding hydrogens is 496 g/mol. The average molecular weight is 537 g/mol. The van der Waals surface area contributed by atoms with E-state index in [4.69, 9.17) is 9.47 Å². The highest BCUT2D eigenvalue weighted by Gasteiger charge is 2.76. The van der Waals surface area contributed by atoms with Gasteiger partial charge < -0.3 is 24.4 Å². The Kier molecular flexibility index (Phi) is 7.22. The third-order valence-corrected chi connectivity index (χ3v) is 8.82. The Labute approximate surface area is 230 Å². The Morgan fingerprint density at radius 2 is 1.77 bits per heavy atom. The van der Waals surface area contributed by atoms with Crippen molar-refractivity contribution in [2.75, 3.05) is 19.8 Å². The van der Waals surface area contributed by atoms with Crippen LogP contribution in [0.1, 0.15) is 65.0 Å². The minimum Gasteiger partial charge on any atom is -0.465 e. The van der Waals surface area contributed by atoms with Crippen LogP contribution in [0.4, 0.5) is 0 Å². The fourth-order valence-electron chi connectivity index (χ4n) is 6.95. The number of aliphatic hydroxyl groups excluding tert-OH is 1. The fourth-order valence-corrected chi connectivity index (χ4v) is 6.95. The van der Waals surface area contributed by atoms with Crippen LogP contribution in [0.3, 0.4) is 0 Å². The van der Waals surface area contributed by atoms with Crippen molar-refractivity contribution in [1.29, 1.82) is 0 Å². The number of cyclic esters (lactones) is 1. The van der Waals surface area contributed by atoms with Gasteiger partial charge in [-0.2, -0.15) is 0 Å². The van der Waals surface area contributed by atoms with Gasteiger partial charge in [0.1, 0.15) is 23.2 Å². The molecule has 4 aliphatic heterocycles. The highest BCUT2D eigenvalue weighted by atomic mass is 16.6. The Balaban J connectivity index is 1.73. The van der Waals surface area contributed by atoms with Gasteiger partial charge in [0.15, 0.2) is 0 Å². The number of carbonyl (C=O) groups is 3. The number of hydrogen-bond donors (Lipinski definition) is 1. The van der Waals surface area contributed by atoms with Gasteiger partial charge in [0.05, 0.1) is 25.2 Å². The number of aliphatic hydroxyl groups is 1. The van der Waals surface area contributed by atoms with Crippen molar-refractivity contribution in [3.05, 3.63) is 60.2 Å². The van der Waals surface area contributed by atoms with Gasteiger partial charge in [0, 0.05) is 12.1 Å². The number of esters is 1. The zero-order chi connectivity index (χ0) is 28.0. The topological polar surface area (TPSA) is 96.4 Å². The maximum atomic E-state index is 14.6. The molecule has 1 aromatic rings. The summed E-state index contributed by atoms with van der Waals surface area (Å²) in [5, 5.41) is 10.6. The lowest BCUT2D eigenvalue weighted by molar-refractivity contribution is -0.164. The number of ether oxygens (including phenoxy) is 2. The van der Waals surface area contributed by atoms with Gasteiger partial charge in [0.2, 0.25) is 11.8 Å². The molecule has 4 aliphatic rings. The van der Waals surface area contributed by atoms with E-state index in [1.165, 1.54) is 4.90 Å². The van der Waals surface area contributed by atoms with Crippen molar-refractivity contribution in [3.8, 4) is 0 Å². The van der Waals surface area contributed by atoms with E-state index in [-0.39, 0.29) is 25.0 Å². The number of allylic oxidation sites excluding steroid dienone is 1. The van der Waals surface area contributed by atoms with Gasteiger partial charge in [-0.25, -0.2) is 0 Å². The molecule has 0 aromatic heterocycles. The fraction of sp³-hybridized carbons (Fsp3) is 0.581. The van der Waals surface area contributed by atoms with Gasteiger partial charge in [0.25, 0.3) is 0 Å². The van der Waals surface area contributed by atoms with Gasteiger partial charge >= 0.3 is 5.97 Å². The third kappa shape index (κ3) is 4.32. The molecule has 0 radical (unpaired) electrons. The lowest BCUT2D eigenvalue weighted by Gasteiger charge is -2.43. The monoisotopic (exact) mass is 536 g/mol. The molecule has 0 aliphatic carbocycles. The predicted molar refractivity (Wildman–Crippen MR) is 145 cm³/mol. The van der Waals surface area contributed by atoms with Crippen LogP contribution in [0, 0.1) is 11.8 Å². The number of carbonyl (C=O) groups excluding carboxylic acids is 3. The molecule has 1 N–H and O–H groups in total. The number of hydrogen-bond acceptors (Lipinski definition) is 6. The number of benzene rings is 1. The van der Waals surface area contributed by atoms with E-state index >= 15 is 0 Å². The van der Waals surface area contributed by atoms with E-state index in [9.17, 15) is 19.5 Å². The summed E-state index contributed by atoms with van der Waals surface area (Å²) in [6.45, 7) is 8.06. The van der Waals surface area contributed by atoms with Gasteiger partial charge in [-0.15, -0.1) is 0 Å². The van der Waals surface area contributed by atoms with Crippen LogP contribution in [0.5, 0.6) is 0 Å². The van der Waals surface area contributed by atoms with Crippen molar-refractivity contribution >= 4 is 17.8 Å². The first-order valence-corrected chi connectivity index (χ1v) is 14.1. The molecule has 0 bridgehead atoms. The summed E-state index contributed by atoms with van der Waals surface area (Å²) in [4.78, 5) is 46.2. The van der Waals surface area contributed by atoms with Crippen LogP contribution in [0.15, 0.2) is 54.6 Å². The molecule has 1 unspecified atom stereocenters. The Hall–Kier alpha value is -2.97. The largest absolute Gasteiger partial charge is 0.465 e. The first-order valence-electron chi connectivity index (χ1n) is 14.1. The third-order valence-electron chi connectivity index (χ3n) is 8.82. The lowest BCUT2D eigenvalue weighted by Crippen LogP contribution is -2.59. The van der Waals surface area contributed by atoms with Crippen LogP contribution >= 0.6 is 0 Å². The molecule has 6 atom stereocenters. The molecule has 210 valence electrons. The SMILES string of the molecule is CC[C@]12/C=C\CCCCOC(=O)[C@H]1[C@H]1C(=O)N([C@H](CO)c3ccccc3)C3C(=O)N(C(C)(C)C)CC=C[C@@]31O2.